The summed E-state index contributed by atoms with van der Waals surface area (Å²) >= 11 is 0. The maximum Gasteiger partial charge on any atom is 0.122 e. The van der Waals surface area contributed by atoms with E-state index in [9.17, 15) is 5.11 Å². The zero-order valence-electron chi connectivity index (χ0n) is 11.1. The van der Waals surface area contributed by atoms with Crippen LogP contribution in [-0.2, 0) is 0 Å². The normalized spacial score (nSPS) is 17.9. The van der Waals surface area contributed by atoms with Gasteiger partial charge < -0.3 is 15.6 Å². The molecule has 1 fully saturated rings. The summed E-state index contributed by atoms with van der Waals surface area (Å²) in [6.45, 7) is 2.34. The number of hydrogen-bond acceptors (Lipinski definition) is 3. The van der Waals surface area contributed by atoms with E-state index in [1.54, 1.807) is 0 Å². The number of aliphatic hydroxyl groups is 1. The number of anilines is 1. The topological polar surface area (TPSA) is 55.5 Å². The fraction of sp³-hybridized carbons (Fsp3) is 0.600. The zero-order valence-corrected chi connectivity index (χ0v) is 11.1. The molecular weight excluding hydrogens is 226 g/mol. The van der Waals surface area contributed by atoms with Crippen LogP contribution in [0.4, 0.5) is 5.69 Å². The van der Waals surface area contributed by atoms with Gasteiger partial charge in [0, 0.05) is 5.69 Å². The van der Waals surface area contributed by atoms with E-state index in [2.05, 4.69) is 0 Å². The number of nitrogen functional groups attached to an aromatic ring is 1. The van der Waals surface area contributed by atoms with Gasteiger partial charge in [0.15, 0.2) is 0 Å². The van der Waals surface area contributed by atoms with E-state index < -0.39 is 0 Å². The van der Waals surface area contributed by atoms with Crippen molar-refractivity contribution in [2.24, 2.45) is 5.92 Å². The molecular formula is C15H23NO2. The minimum Gasteiger partial charge on any atom is -0.491 e. The predicted molar refractivity (Wildman–Crippen MR) is 73.7 cm³/mol. The number of benzene rings is 1. The molecule has 1 atom stereocenters. The van der Waals surface area contributed by atoms with E-state index in [1.165, 1.54) is 25.7 Å². The van der Waals surface area contributed by atoms with E-state index >= 15 is 0 Å². The summed E-state index contributed by atoms with van der Waals surface area (Å²) in [5.41, 5.74) is 7.45. The van der Waals surface area contributed by atoms with Crippen LogP contribution in [0.1, 0.15) is 37.7 Å². The molecule has 0 heterocycles. The third kappa shape index (κ3) is 3.64. The van der Waals surface area contributed by atoms with Crippen LogP contribution in [0.5, 0.6) is 5.75 Å². The molecule has 0 aromatic heterocycles. The lowest BCUT2D eigenvalue weighted by molar-refractivity contribution is 0.0852. The largest absolute Gasteiger partial charge is 0.491 e. The van der Waals surface area contributed by atoms with Crippen molar-refractivity contribution >= 4 is 5.69 Å². The van der Waals surface area contributed by atoms with Gasteiger partial charge >= 0.3 is 0 Å². The van der Waals surface area contributed by atoms with Crippen LogP contribution < -0.4 is 10.5 Å². The Morgan fingerprint density at radius 2 is 2.11 bits per heavy atom. The third-order valence-corrected chi connectivity index (χ3v) is 3.71. The van der Waals surface area contributed by atoms with Crippen LogP contribution in [0.25, 0.3) is 0 Å². The van der Waals surface area contributed by atoms with Crippen LogP contribution in [0.15, 0.2) is 18.2 Å². The highest BCUT2D eigenvalue weighted by atomic mass is 16.5. The number of nitrogens with two attached hydrogens (primary N) is 1. The lowest BCUT2D eigenvalue weighted by Gasteiger charge is -2.17. The first kappa shape index (κ1) is 13.2. The highest BCUT2D eigenvalue weighted by Gasteiger charge is 2.19. The molecule has 3 N–H and O–H groups in total. The molecule has 2 rings (SSSR count). The number of aryl methyl sites for hydroxylation is 1. The van der Waals surface area contributed by atoms with Crippen LogP contribution in [0.2, 0.25) is 0 Å². The average molecular weight is 249 g/mol. The summed E-state index contributed by atoms with van der Waals surface area (Å²) in [5, 5.41) is 9.97. The van der Waals surface area contributed by atoms with Crippen molar-refractivity contribution < 1.29 is 9.84 Å². The summed E-state index contributed by atoms with van der Waals surface area (Å²) in [6, 6.07) is 5.58. The minimum atomic E-state index is -0.356. The van der Waals surface area contributed by atoms with Gasteiger partial charge in [0.25, 0.3) is 0 Å². The first-order valence-corrected chi connectivity index (χ1v) is 6.82. The van der Waals surface area contributed by atoms with Gasteiger partial charge in [0.05, 0.1) is 6.10 Å². The van der Waals surface area contributed by atoms with E-state index in [0.29, 0.717) is 12.5 Å². The van der Waals surface area contributed by atoms with Crippen LogP contribution in [-0.4, -0.2) is 17.8 Å². The predicted octanol–water partition coefficient (Wildman–Crippen LogP) is 2.90. The second kappa shape index (κ2) is 6.10. The van der Waals surface area contributed by atoms with Gasteiger partial charge in [-0.15, -0.1) is 0 Å². The lowest BCUT2D eigenvalue weighted by atomic mass is 10.0. The van der Waals surface area contributed by atoms with E-state index in [1.807, 2.05) is 25.1 Å². The molecule has 0 saturated heterocycles. The Labute approximate surface area is 109 Å². The quantitative estimate of drug-likeness (QED) is 0.789. The second-order valence-corrected chi connectivity index (χ2v) is 5.38. The maximum absolute atomic E-state index is 9.97. The molecule has 1 aliphatic carbocycles. The van der Waals surface area contributed by atoms with Crippen LogP contribution >= 0.6 is 0 Å². The van der Waals surface area contributed by atoms with Crippen molar-refractivity contribution in [1.29, 1.82) is 0 Å². The Kier molecular flexibility index (Phi) is 4.48. The molecule has 1 aromatic carbocycles. The summed E-state index contributed by atoms with van der Waals surface area (Å²) in [6.07, 6.45) is 5.67. The molecule has 0 amide bonds. The highest BCUT2D eigenvalue weighted by molar-refractivity contribution is 5.47. The molecule has 100 valence electrons. The number of hydrogen-bond donors (Lipinski definition) is 2. The highest BCUT2D eigenvalue weighted by Crippen LogP contribution is 2.29. The van der Waals surface area contributed by atoms with Crippen molar-refractivity contribution in [1.82, 2.24) is 0 Å². The number of aliphatic hydroxyl groups excluding tert-OH is 1. The minimum absolute atomic E-state index is 0.356. The fourth-order valence-electron chi connectivity index (χ4n) is 2.72. The molecule has 0 radical (unpaired) electrons. The SMILES string of the molecule is Cc1cc(N)ccc1OCC(O)CC1CCCC1. The smallest absolute Gasteiger partial charge is 0.122 e. The van der Waals surface area contributed by atoms with Crippen molar-refractivity contribution in [2.75, 3.05) is 12.3 Å². The maximum atomic E-state index is 9.97. The van der Waals surface area contributed by atoms with Crippen molar-refractivity contribution in [3.05, 3.63) is 23.8 Å². The zero-order chi connectivity index (χ0) is 13.0. The van der Waals surface area contributed by atoms with Crippen molar-refractivity contribution in [3.8, 4) is 5.75 Å². The Morgan fingerprint density at radius 3 is 2.78 bits per heavy atom. The van der Waals surface area contributed by atoms with E-state index in [0.717, 1.165) is 23.4 Å². The van der Waals surface area contributed by atoms with Crippen LogP contribution in [0.3, 0.4) is 0 Å². The van der Waals surface area contributed by atoms with Gasteiger partial charge in [-0.2, -0.15) is 0 Å². The Hall–Kier alpha value is -1.22. The molecule has 1 aliphatic rings. The third-order valence-electron chi connectivity index (χ3n) is 3.71. The molecule has 3 nitrogen and oxygen atoms in total. The summed E-state index contributed by atoms with van der Waals surface area (Å²) in [7, 11) is 0. The molecule has 0 bridgehead atoms. The average Bonchev–Trinajstić information content (AvgIpc) is 2.80. The van der Waals surface area contributed by atoms with Gasteiger partial charge in [-0.3, -0.25) is 0 Å². The Balaban J connectivity index is 1.79. The summed E-state index contributed by atoms with van der Waals surface area (Å²) in [4.78, 5) is 0. The van der Waals surface area contributed by atoms with Gasteiger partial charge in [-0.05, 0) is 43.0 Å². The van der Waals surface area contributed by atoms with Gasteiger partial charge in [-0.1, -0.05) is 25.7 Å². The molecule has 0 aliphatic heterocycles. The van der Waals surface area contributed by atoms with Gasteiger partial charge in [-0.25, -0.2) is 0 Å². The summed E-state index contributed by atoms with van der Waals surface area (Å²) in [5.74, 6) is 1.51. The first-order valence-electron chi connectivity index (χ1n) is 6.82. The number of rotatable bonds is 5. The van der Waals surface area contributed by atoms with Crippen molar-refractivity contribution in [2.45, 2.75) is 45.1 Å². The molecule has 18 heavy (non-hydrogen) atoms. The Morgan fingerprint density at radius 1 is 1.39 bits per heavy atom. The lowest BCUT2D eigenvalue weighted by Crippen LogP contribution is -2.20. The molecule has 0 spiro atoms. The second-order valence-electron chi connectivity index (χ2n) is 5.38. The monoisotopic (exact) mass is 249 g/mol. The first-order chi connectivity index (χ1) is 8.65. The number of ether oxygens (including phenoxy) is 1. The van der Waals surface area contributed by atoms with Crippen molar-refractivity contribution in [3.63, 3.8) is 0 Å². The fourth-order valence-corrected chi connectivity index (χ4v) is 2.72. The Bertz CT molecular complexity index is 386. The van der Waals surface area contributed by atoms with E-state index in [-0.39, 0.29) is 6.10 Å². The van der Waals surface area contributed by atoms with Crippen LogP contribution in [0, 0.1) is 12.8 Å². The molecule has 1 unspecified atom stereocenters. The standard InChI is InChI=1S/C15H23NO2/c1-11-8-13(16)6-7-15(11)18-10-14(17)9-12-4-2-3-5-12/h6-8,12,14,17H,2-5,9-10,16H2,1H3. The van der Waals surface area contributed by atoms with Gasteiger partial charge in [0.2, 0.25) is 0 Å². The van der Waals surface area contributed by atoms with E-state index in [4.69, 9.17) is 10.5 Å². The molecule has 1 saturated carbocycles. The molecule has 1 aromatic rings. The molecule has 3 heteroatoms. The van der Waals surface area contributed by atoms with Gasteiger partial charge in [0.1, 0.15) is 12.4 Å². The summed E-state index contributed by atoms with van der Waals surface area (Å²) < 4.78 is 5.66.